The average molecular weight is 374 g/mol. The number of imidazole rings is 1. The standard InChI is InChI=1S/C23H26N4O/c1-16-6-8-17(9-7-16)12-18-14-26(15-18)23(28)24-13-22-25-20-4-2-3-5-21(20)27(22)19-10-11-19/h2-9,18-19H,10-15H2,1H3,(H,24,28). The van der Waals surface area contributed by atoms with E-state index in [4.69, 9.17) is 4.98 Å². The minimum absolute atomic E-state index is 0.0227. The maximum Gasteiger partial charge on any atom is 0.317 e. The Labute approximate surface area is 165 Å². The molecule has 0 unspecified atom stereocenters. The van der Waals surface area contributed by atoms with Crippen molar-refractivity contribution in [2.24, 2.45) is 5.92 Å². The lowest BCUT2D eigenvalue weighted by Crippen LogP contribution is -2.54. The van der Waals surface area contributed by atoms with Crippen molar-refractivity contribution in [3.8, 4) is 0 Å². The fourth-order valence-corrected chi connectivity index (χ4v) is 4.15. The molecule has 5 nitrogen and oxygen atoms in total. The number of carbonyl (C=O) groups excluding carboxylic acids is 1. The molecule has 1 saturated heterocycles. The molecule has 5 heteroatoms. The molecule has 2 aliphatic rings. The zero-order valence-electron chi connectivity index (χ0n) is 16.3. The number of aromatic nitrogens is 2. The predicted octanol–water partition coefficient (Wildman–Crippen LogP) is 4.06. The average Bonchev–Trinajstić information content (AvgIpc) is 3.44. The van der Waals surface area contributed by atoms with Crippen molar-refractivity contribution >= 4 is 17.1 Å². The second-order valence-corrected chi connectivity index (χ2v) is 8.24. The van der Waals surface area contributed by atoms with Crippen LogP contribution in [0.25, 0.3) is 11.0 Å². The van der Waals surface area contributed by atoms with Gasteiger partial charge in [-0.3, -0.25) is 0 Å². The van der Waals surface area contributed by atoms with Gasteiger partial charge in [0.15, 0.2) is 0 Å². The number of nitrogens with one attached hydrogen (secondary N) is 1. The second kappa shape index (κ2) is 6.97. The van der Waals surface area contributed by atoms with Crippen LogP contribution in [0.3, 0.4) is 0 Å². The summed E-state index contributed by atoms with van der Waals surface area (Å²) in [7, 11) is 0. The fourth-order valence-electron chi connectivity index (χ4n) is 4.15. The van der Waals surface area contributed by atoms with Crippen LogP contribution in [0, 0.1) is 12.8 Å². The van der Waals surface area contributed by atoms with Gasteiger partial charge < -0.3 is 14.8 Å². The molecular weight excluding hydrogens is 348 g/mol. The third-order valence-corrected chi connectivity index (χ3v) is 5.87. The van der Waals surface area contributed by atoms with E-state index in [2.05, 4.69) is 53.2 Å². The molecule has 2 aromatic carbocycles. The van der Waals surface area contributed by atoms with E-state index in [0.717, 1.165) is 30.9 Å². The van der Waals surface area contributed by atoms with Crippen molar-refractivity contribution in [1.82, 2.24) is 19.8 Å². The van der Waals surface area contributed by atoms with Gasteiger partial charge in [-0.2, -0.15) is 0 Å². The molecule has 2 heterocycles. The highest BCUT2D eigenvalue weighted by atomic mass is 16.2. The van der Waals surface area contributed by atoms with Gasteiger partial charge in [-0.15, -0.1) is 0 Å². The summed E-state index contributed by atoms with van der Waals surface area (Å²) in [6, 6.07) is 17.5. The SMILES string of the molecule is Cc1ccc(CC2CN(C(=O)NCc3nc4ccccc4n3C3CC3)C2)cc1. The van der Waals surface area contributed by atoms with E-state index in [-0.39, 0.29) is 6.03 Å². The lowest BCUT2D eigenvalue weighted by atomic mass is 9.92. The van der Waals surface area contributed by atoms with Gasteiger partial charge in [0.25, 0.3) is 0 Å². The Balaban J connectivity index is 1.17. The second-order valence-electron chi connectivity index (χ2n) is 8.24. The van der Waals surface area contributed by atoms with E-state index in [9.17, 15) is 4.79 Å². The first kappa shape index (κ1) is 17.3. The van der Waals surface area contributed by atoms with Crippen LogP contribution in [0.1, 0.15) is 35.8 Å². The highest BCUT2D eigenvalue weighted by molar-refractivity contribution is 5.77. The van der Waals surface area contributed by atoms with Crippen molar-refractivity contribution in [2.75, 3.05) is 13.1 Å². The number of nitrogens with zero attached hydrogens (tertiary/aromatic N) is 3. The van der Waals surface area contributed by atoms with E-state index in [1.165, 1.54) is 29.5 Å². The predicted molar refractivity (Wildman–Crippen MR) is 110 cm³/mol. The number of hydrogen-bond donors (Lipinski definition) is 1. The molecule has 0 spiro atoms. The molecule has 1 aliphatic carbocycles. The highest BCUT2D eigenvalue weighted by Crippen LogP contribution is 2.38. The molecular formula is C23H26N4O. The van der Waals surface area contributed by atoms with Crippen LogP contribution < -0.4 is 5.32 Å². The zero-order chi connectivity index (χ0) is 19.1. The maximum absolute atomic E-state index is 12.5. The van der Waals surface area contributed by atoms with E-state index >= 15 is 0 Å². The summed E-state index contributed by atoms with van der Waals surface area (Å²) in [4.78, 5) is 19.2. The number of benzene rings is 2. The molecule has 5 rings (SSSR count). The zero-order valence-corrected chi connectivity index (χ0v) is 16.3. The summed E-state index contributed by atoms with van der Waals surface area (Å²) < 4.78 is 2.31. The van der Waals surface area contributed by atoms with Gasteiger partial charge in [-0.25, -0.2) is 9.78 Å². The number of carbonyl (C=O) groups is 1. The summed E-state index contributed by atoms with van der Waals surface area (Å²) in [5, 5.41) is 3.08. The van der Waals surface area contributed by atoms with Crippen LogP contribution in [0.2, 0.25) is 0 Å². The number of amides is 2. The maximum atomic E-state index is 12.5. The normalized spacial score (nSPS) is 17.0. The van der Waals surface area contributed by atoms with Crippen molar-refractivity contribution in [1.29, 1.82) is 0 Å². The molecule has 0 radical (unpaired) electrons. The Morgan fingerprint density at radius 3 is 2.61 bits per heavy atom. The monoisotopic (exact) mass is 374 g/mol. The van der Waals surface area contributed by atoms with Crippen LogP contribution in [0.5, 0.6) is 0 Å². The first-order valence-electron chi connectivity index (χ1n) is 10.2. The first-order chi connectivity index (χ1) is 13.7. The van der Waals surface area contributed by atoms with Gasteiger partial charge in [-0.05, 0) is 49.8 Å². The van der Waals surface area contributed by atoms with Gasteiger partial charge in [0.05, 0.1) is 17.6 Å². The third kappa shape index (κ3) is 3.37. The van der Waals surface area contributed by atoms with Gasteiger partial charge in [0.2, 0.25) is 0 Å². The molecule has 1 aromatic heterocycles. The topological polar surface area (TPSA) is 50.2 Å². The van der Waals surface area contributed by atoms with E-state index in [1.807, 2.05) is 17.0 Å². The van der Waals surface area contributed by atoms with E-state index < -0.39 is 0 Å². The van der Waals surface area contributed by atoms with Crippen LogP contribution in [0.15, 0.2) is 48.5 Å². The highest BCUT2D eigenvalue weighted by Gasteiger charge is 2.31. The summed E-state index contributed by atoms with van der Waals surface area (Å²) in [5.41, 5.74) is 4.83. The van der Waals surface area contributed by atoms with Crippen molar-refractivity contribution in [3.05, 3.63) is 65.5 Å². The van der Waals surface area contributed by atoms with Crippen molar-refractivity contribution in [3.63, 3.8) is 0 Å². The quantitative estimate of drug-likeness (QED) is 0.732. The lowest BCUT2D eigenvalue weighted by Gasteiger charge is -2.39. The van der Waals surface area contributed by atoms with Gasteiger partial charge in [0, 0.05) is 19.1 Å². The Hall–Kier alpha value is -2.82. The Bertz CT molecular complexity index is 997. The van der Waals surface area contributed by atoms with Crippen LogP contribution >= 0.6 is 0 Å². The fraction of sp³-hybridized carbons (Fsp3) is 0.391. The van der Waals surface area contributed by atoms with E-state index in [1.54, 1.807) is 0 Å². The van der Waals surface area contributed by atoms with Crippen molar-refractivity contribution < 1.29 is 4.79 Å². The molecule has 144 valence electrons. The summed E-state index contributed by atoms with van der Waals surface area (Å²) in [6.45, 7) is 4.26. The molecule has 1 aliphatic heterocycles. The summed E-state index contributed by atoms with van der Waals surface area (Å²) in [6.07, 6.45) is 3.45. The number of urea groups is 1. The van der Waals surface area contributed by atoms with Gasteiger partial charge in [0.1, 0.15) is 5.82 Å². The third-order valence-electron chi connectivity index (χ3n) is 5.87. The Morgan fingerprint density at radius 2 is 1.86 bits per heavy atom. The largest absolute Gasteiger partial charge is 0.331 e. The van der Waals surface area contributed by atoms with Crippen molar-refractivity contribution in [2.45, 2.75) is 38.8 Å². The van der Waals surface area contributed by atoms with Crippen LogP contribution in [0.4, 0.5) is 4.79 Å². The molecule has 0 atom stereocenters. The molecule has 0 bridgehead atoms. The number of fused-ring (bicyclic) bond motifs is 1. The number of para-hydroxylation sites is 2. The lowest BCUT2D eigenvalue weighted by molar-refractivity contribution is 0.120. The minimum Gasteiger partial charge on any atom is -0.331 e. The summed E-state index contributed by atoms with van der Waals surface area (Å²) >= 11 is 0. The Morgan fingerprint density at radius 1 is 1.11 bits per heavy atom. The minimum atomic E-state index is 0.0227. The summed E-state index contributed by atoms with van der Waals surface area (Å²) in [5.74, 6) is 1.53. The first-order valence-corrected chi connectivity index (χ1v) is 10.2. The van der Waals surface area contributed by atoms with Crippen LogP contribution in [-0.2, 0) is 13.0 Å². The van der Waals surface area contributed by atoms with E-state index in [0.29, 0.717) is 18.5 Å². The molecule has 1 N–H and O–H groups in total. The number of aryl methyl sites for hydroxylation is 1. The smallest absolute Gasteiger partial charge is 0.317 e. The Kier molecular flexibility index (Phi) is 4.30. The molecule has 3 aromatic rings. The van der Waals surface area contributed by atoms with Gasteiger partial charge >= 0.3 is 6.03 Å². The molecule has 28 heavy (non-hydrogen) atoms. The van der Waals surface area contributed by atoms with Gasteiger partial charge in [-0.1, -0.05) is 42.0 Å². The molecule has 1 saturated carbocycles. The number of hydrogen-bond acceptors (Lipinski definition) is 2. The number of likely N-dealkylation sites (tertiary alicyclic amines) is 1. The van der Waals surface area contributed by atoms with Crippen LogP contribution in [-0.4, -0.2) is 33.6 Å². The molecule has 2 fully saturated rings. The number of rotatable bonds is 5. The molecule has 2 amide bonds.